The highest BCUT2D eigenvalue weighted by molar-refractivity contribution is 5.50. The summed E-state index contributed by atoms with van der Waals surface area (Å²) in [5.74, 6) is -3.44. The van der Waals surface area contributed by atoms with Gasteiger partial charge in [0, 0.05) is 0 Å². The largest absolute Gasteiger partial charge is 0.303 e. The first-order valence-corrected chi connectivity index (χ1v) is 2.00. The molecule has 0 heterocycles. The summed E-state index contributed by atoms with van der Waals surface area (Å²) in [6.07, 6.45) is -1.02. The zero-order chi connectivity index (χ0) is 6.62. The first kappa shape index (κ1) is 7.46. The van der Waals surface area contributed by atoms with Crippen molar-refractivity contribution in [3.63, 3.8) is 0 Å². The first-order chi connectivity index (χ1) is 3.62. The van der Waals surface area contributed by atoms with E-state index in [0.29, 0.717) is 0 Å². The van der Waals surface area contributed by atoms with Crippen LogP contribution in [0, 0.1) is 0 Å². The fourth-order valence-electron chi connectivity index (χ4n) is 0.176. The monoisotopic (exact) mass is 126 g/mol. The maximum Gasteiger partial charge on any atom is 0.282 e. The van der Waals surface area contributed by atoms with Gasteiger partial charge in [-0.25, -0.2) is 13.2 Å². The van der Waals surface area contributed by atoms with Crippen molar-refractivity contribution in [2.45, 2.75) is 12.3 Å². The quantitative estimate of drug-likeness (QED) is 0.519. The van der Waals surface area contributed by atoms with Crippen LogP contribution in [0.2, 0.25) is 0 Å². The van der Waals surface area contributed by atoms with Gasteiger partial charge in [0.2, 0.25) is 0 Å². The summed E-state index contributed by atoms with van der Waals surface area (Å²) in [4.78, 5) is 9.33. The molecule has 0 aliphatic heterocycles. The van der Waals surface area contributed by atoms with Crippen LogP contribution in [0.3, 0.4) is 0 Å². The fourth-order valence-corrected chi connectivity index (χ4v) is 0.176. The van der Waals surface area contributed by atoms with Gasteiger partial charge in [-0.3, -0.25) is 0 Å². The molecule has 0 fully saturated rings. The van der Waals surface area contributed by atoms with Gasteiger partial charge in [0.15, 0.2) is 6.67 Å². The van der Waals surface area contributed by atoms with Gasteiger partial charge < -0.3 is 4.79 Å². The molecule has 48 valence electrons. The summed E-state index contributed by atoms with van der Waals surface area (Å²) >= 11 is 0. The highest BCUT2D eigenvalue weighted by Crippen LogP contribution is 2.16. The lowest BCUT2D eigenvalue weighted by molar-refractivity contribution is -0.115. The van der Waals surface area contributed by atoms with E-state index < -0.39 is 19.0 Å². The van der Waals surface area contributed by atoms with E-state index in [4.69, 9.17) is 0 Å². The second kappa shape index (κ2) is 2.69. The van der Waals surface area contributed by atoms with Crippen molar-refractivity contribution in [3.8, 4) is 0 Å². The van der Waals surface area contributed by atoms with E-state index >= 15 is 0 Å². The molecule has 0 bridgehead atoms. The number of halogens is 3. The number of hydrogen-bond acceptors (Lipinski definition) is 1. The predicted octanol–water partition coefficient (Wildman–Crippen LogP) is 1.18. The van der Waals surface area contributed by atoms with Gasteiger partial charge in [0.1, 0.15) is 6.29 Å². The Bertz CT molecular complexity index is 81.4. The minimum atomic E-state index is -3.44. The van der Waals surface area contributed by atoms with Crippen LogP contribution in [0.25, 0.3) is 0 Å². The Morgan fingerprint density at radius 3 is 2.12 bits per heavy atom. The van der Waals surface area contributed by atoms with Crippen LogP contribution in [0.15, 0.2) is 0 Å². The molecule has 0 radical (unpaired) electrons. The summed E-state index contributed by atoms with van der Waals surface area (Å²) in [6, 6.07) is 0. The van der Waals surface area contributed by atoms with Crippen LogP contribution >= 0.6 is 0 Å². The minimum Gasteiger partial charge on any atom is -0.303 e. The van der Waals surface area contributed by atoms with E-state index in [0.717, 1.165) is 0 Å². The lowest BCUT2D eigenvalue weighted by Gasteiger charge is -2.04. The third kappa shape index (κ3) is 2.60. The zero-order valence-electron chi connectivity index (χ0n) is 4.03. The molecule has 0 atom stereocenters. The van der Waals surface area contributed by atoms with Crippen molar-refractivity contribution in [2.75, 3.05) is 6.67 Å². The van der Waals surface area contributed by atoms with Gasteiger partial charge >= 0.3 is 0 Å². The molecule has 0 N–H and O–H groups in total. The van der Waals surface area contributed by atoms with Crippen molar-refractivity contribution < 1.29 is 18.0 Å². The van der Waals surface area contributed by atoms with E-state index in [9.17, 15) is 18.0 Å². The van der Waals surface area contributed by atoms with Gasteiger partial charge in [-0.2, -0.15) is 0 Å². The molecule has 0 aliphatic rings. The van der Waals surface area contributed by atoms with Crippen LogP contribution in [-0.4, -0.2) is 18.9 Å². The van der Waals surface area contributed by atoms with E-state index in [2.05, 4.69) is 0 Å². The second-order valence-corrected chi connectivity index (χ2v) is 1.36. The lowest BCUT2D eigenvalue weighted by Crippen LogP contribution is -2.18. The van der Waals surface area contributed by atoms with E-state index in [1.165, 1.54) is 0 Å². The number of rotatable bonds is 3. The highest BCUT2D eigenvalue weighted by Gasteiger charge is 2.27. The van der Waals surface area contributed by atoms with E-state index in [1.54, 1.807) is 0 Å². The molecule has 0 rings (SSSR count). The third-order valence-corrected chi connectivity index (χ3v) is 0.577. The Kier molecular flexibility index (Phi) is 2.51. The molecule has 0 amide bonds. The number of carbonyl (C=O) groups excluding carboxylic acids is 1. The maximum absolute atomic E-state index is 11.5. The number of aldehydes is 1. The first-order valence-electron chi connectivity index (χ1n) is 2.00. The summed E-state index contributed by atoms with van der Waals surface area (Å²) in [5, 5.41) is 0. The SMILES string of the molecule is O=CCC(F)(F)CF. The Morgan fingerprint density at radius 2 is 2.00 bits per heavy atom. The van der Waals surface area contributed by atoms with Crippen molar-refractivity contribution >= 4 is 6.29 Å². The Morgan fingerprint density at radius 1 is 1.50 bits per heavy atom. The average Bonchev–Trinajstić information content (AvgIpc) is 1.67. The van der Waals surface area contributed by atoms with Crippen molar-refractivity contribution in [2.24, 2.45) is 0 Å². The number of hydrogen-bond donors (Lipinski definition) is 0. The molecular formula is C4H5F3O. The molecule has 4 heteroatoms. The summed E-state index contributed by atoms with van der Waals surface area (Å²) in [6.45, 7) is -1.76. The Labute approximate surface area is 44.5 Å². The van der Waals surface area contributed by atoms with Gasteiger partial charge in [-0.05, 0) is 0 Å². The van der Waals surface area contributed by atoms with Crippen LogP contribution in [-0.2, 0) is 4.79 Å². The van der Waals surface area contributed by atoms with Crippen LogP contribution in [0.5, 0.6) is 0 Å². The summed E-state index contributed by atoms with van der Waals surface area (Å²) in [7, 11) is 0. The number of alkyl halides is 3. The molecule has 0 aromatic rings. The van der Waals surface area contributed by atoms with Gasteiger partial charge in [0.25, 0.3) is 5.92 Å². The molecule has 1 nitrogen and oxygen atoms in total. The molecule has 8 heavy (non-hydrogen) atoms. The smallest absolute Gasteiger partial charge is 0.282 e. The molecule has 0 unspecified atom stereocenters. The van der Waals surface area contributed by atoms with Crippen molar-refractivity contribution in [1.82, 2.24) is 0 Å². The lowest BCUT2D eigenvalue weighted by atomic mass is 10.3. The second-order valence-electron chi connectivity index (χ2n) is 1.36. The molecular weight excluding hydrogens is 121 g/mol. The average molecular weight is 126 g/mol. The Hall–Kier alpha value is -0.540. The predicted molar refractivity (Wildman–Crippen MR) is 21.6 cm³/mol. The van der Waals surface area contributed by atoms with Crippen LogP contribution in [0.4, 0.5) is 13.2 Å². The minimum absolute atomic E-state index is 0.000417. The van der Waals surface area contributed by atoms with Gasteiger partial charge in [-0.1, -0.05) is 0 Å². The zero-order valence-corrected chi connectivity index (χ0v) is 4.03. The number of carbonyl (C=O) groups is 1. The van der Waals surface area contributed by atoms with Gasteiger partial charge in [-0.15, -0.1) is 0 Å². The topological polar surface area (TPSA) is 17.1 Å². The van der Waals surface area contributed by atoms with Gasteiger partial charge in [0.05, 0.1) is 6.42 Å². The fraction of sp³-hybridized carbons (Fsp3) is 0.750. The summed E-state index contributed by atoms with van der Waals surface area (Å²) < 4.78 is 34.1. The molecule has 0 aromatic carbocycles. The summed E-state index contributed by atoms with van der Waals surface area (Å²) in [5.41, 5.74) is 0. The van der Waals surface area contributed by atoms with Crippen molar-refractivity contribution in [3.05, 3.63) is 0 Å². The standard InChI is InChI=1S/C4H5F3O/c5-3-4(6,7)1-2-8/h2H,1,3H2. The van der Waals surface area contributed by atoms with Crippen molar-refractivity contribution in [1.29, 1.82) is 0 Å². The maximum atomic E-state index is 11.5. The van der Waals surface area contributed by atoms with E-state index in [1.807, 2.05) is 0 Å². The van der Waals surface area contributed by atoms with Crippen LogP contribution < -0.4 is 0 Å². The van der Waals surface area contributed by atoms with Crippen LogP contribution in [0.1, 0.15) is 6.42 Å². The molecule has 0 saturated heterocycles. The molecule has 0 saturated carbocycles. The normalized spacial score (nSPS) is 11.4. The van der Waals surface area contributed by atoms with E-state index in [-0.39, 0.29) is 6.29 Å². The third-order valence-electron chi connectivity index (χ3n) is 0.577. The Balaban J connectivity index is 3.53. The molecule has 0 aromatic heterocycles. The molecule has 0 spiro atoms. The highest BCUT2D eigenvalue weighted by atomic mass is 19.3. The molecule has 0 aliphatic carbocycles.